The predicted molar refractivity (Wildman–Crippen MR) is 60.3 cm³/mol. The van der Waals surface area contributed by atoms with E-state index in [4.69, 9.17) is 0 Å². The molecule has 1 rings (SSSR count). The lowest BCUT2D eigenvalue weighted by Gasteiger charge is -2.12. The molecule has 0 radical (unpaired) electrons. The number of rotatable bonds is 5. The normalized spacial score (nSPS) is 12.0. The molecule has 15 heavy (non-hydrogen) atoms. The van der Waals surface area contributed by atoms with Gasteiger partial charge in [0.25, 0.3) is 0 Å². The molecule has 0 fully saturated rings. The van der Waals surface area contributed by atoms with Gasteiger partial charge in [-0.15, -0.1) is 0 Å². The molecular formula is C9H17N3O2S. The summed E-state index contributed by atoms with van der Waals surface area (Å²) in [6.45, 7) is 5.73. The van der Waals surface area contributed by atoms with Crippen LogP contribution in [0.2, 0.25) is 0 Å². The zero-order valence-corrected chi connectivity index (χ0v) is 10.1. The first-order chi connectivity index (χ1) is 6.96. The van der Waals surface area contributed by atoms with E-state index in [-0.39, 0.29) is 11.8 Å². The van der Waals surface area contributed by atoms with Gasteiger partial charge in [-0.05, 0) is 20.3 Å². The molecule has 0 saturated carbocycles. The van der Waals surface area contributed by atoms with Gasteiger partial charge in [-0.25, -0.2) is 13.1 Å². The second kappa shape index (κ2) is 4.65. The lowest BCUT2D eigenvalue weighted by atomic mass is 10.4. The molecule has 86 valence electrons. The van der Waals surface area contributed by atoms with Gasteiger partial charge in [0.05, 0.1) is 11.9 Å². The van der Waals surface area contributed by atoms with E-state index < -0.39 is 10.0 Å². The third-order valence-corrected chi connectivity index (χ3v) is 3.36. The SMILES string of the molecule is CCCS(=O)(=O)Nc1ccnn1C(C)C. The monoisotopic (exact) mass is 231 g/mol. The average molecular weight is 231 g/mol. The van der Waals surface area contributed by atoms with Crippen LogP contribution in [-0.2, 0) is 10.0 Å². The molecule has 0 aliphatic rings. The summed E-state index contributed by atoms with van der Waals surface area (Å²) in [5, 5.41) is 4.05. The molecule has 0 spiro atoms. The van der Waals surface area contributed by atoms with Crippen molar-refractivity contribution in [2.45, 2.75) is 33.2 Å². The number of nitrogens with zero attached hydrogens (tertiary/aromatic N) is 2. The minimum atomic E-state index is -3.22. The summed E-state index contributed by atoms with van der Waals surface area (Å²) in [5.41, 5.74) is 0. The standard InChI is InChI=1S/C9H17N3O2S/c1-4-7-15(13,14)11-9-5-6-10-12(9)8(2)3/h5-6,8,11H,4,7H2,1-3H3. The Morgan fingerprint density at radius 3 is 2.73 bits per heavy atom. The molecule has 5 nitrogen and oxygen atoms in total. The zero-order valence-electron chi connectivity index (χ0n) is 9.27. The molecule has 0 aliphatic carbocycles. The van der Waals surface area contributed by atoms with Crippen LogP contribution in [0.1, 0.15) is 33.2 Å². The summed E-state index contributed by atoms with van der Waals surface area (Å²) >= 11 is 0. The number of hydrogen-bond donors (Lipinski definition) is 1. The van der Waals surface area contributed by atoms with Gasteiger partial charge in [-0.3, -0.25) is 4.72 Å². The number of nitrogens with one attached hydrogen (secondary N) is 1. The van der Waals surface area contributed by atoms with Crippen molar-refractivity contribution >= 4 is 15.8 Å². The number of anilines is 1. The van der Waals surface area contributed by atoms with Crippen LogP contribution in [0.3, 0.4) is 0 Å². The van der Waals surface area contributed by atoms with Crippen LogP contribution in [0.4, 0.5) is 5.82 Å². The Bertz CT molecular complexity index is 409. The van der Waals surface area contributed by atoms with Crippen LogP contribution < -0.4 is 4.72 Å². The van der Waals surface area contributed by atoms with Crippen LogP contribution in [0.25, 0.3) is 0 Å². The Hall–Kier alpha value is -1.04. The van der Waals surface area contributed by atoms with Crippen LogP contribution >= 0.6 is 0 Å². The zero-order chi connectivity index (χ0) is 11.5. The van der Waals surface area contributed by atoms with Crippen molar-refractivity contribution in [1.29, 1.82) is 0 Å². The van der Waals surface area contributed by atoms with Crippen LogP contribution in [-0.4, -0.2) is 24.0 Å². The molecule has 0 aromatic carbocycles. The van der Waals surface area contributed by atoms with E-state index in [9.17, 15) is 8.42 Å². The summed E-state index contributed by atoms with van der Waals surface area (Å²) in [6.07, 6.45) is 2.19. The molecule has 0 saturated heterocycles. The van der Waals surface area contributed by atoms with E-state index in [1.165, 1.54) is 0 Å². The molecule has 0 bridgehead atoms. The molecular weight excluding hydrogens is 214 g/mol. The summed E-state index contributed by atoms with van der Waals surface area (Å²) in [7, 11) is -3.22. The molecule has 6 heteroatoms. The Kier molecular flexibility index (Phi) is 3.73. The molecule has 1 N–H and O–H groups in total. The fraction of sp³-hybridized carbons (Fsp3) is 0.667. The first-order valence-electron chi connectivity index (χ1n) is 5.00. The maximum Gasteiger partial charge on any atom is 0.233 e. The van der Waals surface area contributed by atoms with Crippen molar-refractivity contribution in [3.05, 3.63) is 12.3 Å². The minimum absolute atomic E-state index is 0.135. The first kappa shape index (κ1) is 12.0. The molecule has 1 aromatic heterocycles. The average Bonchev–Trinajstić information content (AvgIpc) is 2.50. The van der Waals surface area contributed by atoms with E-state index >= 15 is 0 Å². The fourth-order valence-electron chi connectivity index (χ4n) is 1.29. The molecule has 0 amide bonds. The van der Waals surface area contributed by atoms with Crippen molar-refractivity contribution in [3.8, 4) is 0 Å². The van der Waals surface area contributed by atoms with Crippen molar-refractivity contribution in [2.24, 2.45) is 0 Å². The summed E-state index contributed by atoms with van der Waals surface area (Å²) < 4.78 is 27.2. The maximum atomic E-state index is 11.5. The van der Waals surface area contributed by atoms with Crippen LogP contribution in [0.15, 0.2) is 12.3 Å². The van der Waals surface area contributed by atoms with Gasteiger partial charge in [0.1, 0.15) is 5.82 Å². The van der Waals surface area contributed by atoms with Crippen molar-refractivity contribution < 1.29 is 8.42 Å². The van der Waals surface area contributed by atoms with Crippen molar-refractivity contribution in [2.75, 3.05) is 10.5 Å². The fourth-order valence-corrected chi connectivity index (χ4v) is 2.41. The molecule has 0 aliphatic heterocycles. The van der Waals surface area contributed by atoms with E-state index in [1.54, 1.807) is 16.9 Å². The van der Waals surface area contributed by atoms with Gasteiger partial charge in [0.2, 0.25) is 10.0 Å². The highest BCUT2D eigenvalue weighted by Crippen LogP contribution is 2.14. The van der Waals surface area contributed by atoms with E-state index in [2.05, 4.69) is 9.82 Å². The van der Waals surface area contributed by atoms with Crippen LogP contribution in [0.5, 0.6) is 0 Å². The Morgan fingerprint density at radius 2 is 2.20 bits per heavy atom. The van der Waals surface area contributed by atoms with Gasteiger partial charge < -0.3 is 0 Å². The first-order valence-corrected chi connectivity index (χ1v) is 6.65. The quantitative estimate of drug-likeness (QED) is 0.837. The van der Waals surface area contributed by atoms with E-state index in [1.807, 2.05) is 20.8 Å². The van der Waals surface area contributed by atoms with Gasteiger partial charge in [-0.2, -0.15) is 5.10 Å². The molecule has 1 aromatic rings. The van der Waals surface area contributed by atoms with Gasteiger partial charge in [0.15, 0.2) is 0 Å². The topological polar surface area (TPSA) is 64.0 Å². The lowest BCUT2D eigenvalue weighted by Crippen LogP contribution is -2.19. The van der Waals surface area contributed by atoms with Crippen LogP contribution in [0, 0.1) is 0 Å². The molecule has 0 unspecified atom stereocenters. The van der Waals surface area contributed by atoms with E-state index in [0.29, 0.717) is 12.2 Å². The lowest BCUT2D eigenvalue weighted by molar-refractivity contribution is 0.539. The number of aromatic nitrogens is 2. The summed E-state index contributed by atoms with van der Waals surface area (Å²) in [6, 6.07) is 1.80. The Morgan fingerprint density at radius 1 is 1.53 bits per heavy atom. The minimum Gasteiger partial charge on any atom is -0.268 e. The Balaban J connectivity index is 2.85. The second-order valence-corrected chi connectivity index (χ2v) is 5.52. The number of sulfonamides is 1. The highest BCUT2D eigenvalue weighted by atomic mass is 32.2. The van der Waals surface area contributed by atoms with E-state index in [0.717, 1.165) is 0 Å². The summed E-state index contributed by atoms with van der Waals surface area (Å²) in [4.78, 5) is 0. The smallest absolute Gasteiger partial charge is 0.233 e. The van der Waals surface area contributed by atoms with Gasteiger partial charge in [0, 0.05) is 12.1 Å². The molecule has 1 heterocycles. The summed E-state index contributed by atoms with van der Waals surface area (Å²) in [5.74, 6) is 0.662. The number of hydrogen-bond acceptors (Lipinski definition) is 3. The van der Waals surface area contributed by atoms with Gasteiger partial charge in [-0.1, -0.05) is 6.92 Å². The highest BCUT2D eigenvalue weighted by molar-refractivity contribution is 7.92. The third-order valence-electron chi connectivity index (χ3n) is 1.89. The molecule has 0 atom stereocenters. The maximum absolute atomic E-state index is 11.5. The van der Waals surface area contributed by atoms with Crippen molar-refractivity contribution in [1.82, 2.24) is 9.78 Å². The predicted octanol–water partition coefficient (Wildman–Crippen LogP) is 1.62. The largest absolute Gasteiger partial charge is 0.268 e. The van der Waals surface area contributed by atoms with Crippen molar-refractivity contribution in [3.63, 3.8) is 0 Å². The Labute approximate surface area is 90.5 Å². The highest BCUT2D eigenvalue weighted by Gasteiger charge is 2.13. The second-order valence-electron chi connectivity index (χ2n) is 3.68. The van der Waals surface area contributed by atoms with Gasteiger partial charge >= 0.3 is 0 Å². The third kappa shape index (κ3) is 3.23.